The molecule has 1 heterocycles. The Morgan fingerprint density at radius 1 is 1.04 bits per heavy atom. The van der Waals surface area contributed by atoms with Crippen LogP contribution in [-0.4, -0.2) is 10.9 Å². The van der Waals surface area contributed by atoms with Gasteiger partial charge in [0.25, 0.3) is 11.5 Å². The number of H-pyrrole nitrogens is 1. The number of halogens is 2. The molecule has 2 N–H and O–H groups in total. The first-order chi connectivity index (χ1) is 12.0. The van der Waals surface area contributed by atoms with Crippen LogP contribution in [0, 0.1) is 5.82 Å². The summed E-state index contributed by atoms with van der Waals surface area (Å²) in [6.07, 6.45) is 0. The van der Waals surface area contributed by atoms with Crippen molar-refractivity contribution < 1.29 is 9.18 Å². The molecule has 1 aromatic heterocycles. The molecule has 1 amide bonds. The Hall–Kier alpha value is -2.92. The first-order valence-corrected chi connectivity index (χ1v) is 7.93. The summed E-state index contributed by atoms with van der Waals surface area (Å²) in [6.45, 7) is 0.00385. The second kappa shape index (κ2) is 7.32. The van der Waals surface area contributed by atoms with Gasteiger partial charge in [-0.2, -0.15) is 0 Å². The lowest BCUT2D eigenvalue weighted by Gasteiger charge is -2.07. The van der Waals surface area contributed by atoms with Gasteiger partial charge in [0.2, 0.25) is 0 Å². The Morgan fingerprint density at radius 2 is 1.76 bits per heavy atom. The first kappa shape index (κ1) is 16.9. The molecule has 3 aromatic rings. The molecule has 4 nitrogen and oxygen atoms in total. The predicted octanol–water partition coefficient (Wildman–Crippen LogP) is 3.76. The van der Waals surface area contributed by atoms with Crippen molar-refractivity contribution in [2.24, 2.45) is 0 Å². The lowest BCUT2D eigenvalue weighted by molar-refractivity contribution is 0.0949. The van der Waals surface area contributed by atoms with Crippen LogP contribution in [0.3, 0.4) is 0 Å². The maximum Gasteiger partial charge on any atom is 0.261 e. The molecule has 0 radical (unpaired) electrons. The Bertz CT molecular complexity index is 968. The summed E-state index contributed by atoms with van der Waals surface area (Å²) >= 11 is 5.84. The number of pyridine rings is 1. The first-order valence-electron chi connectivity index (χ1n) is 7.55. The molecule has 0 unspecified atom stereocenters. The molecule has 0 saturated heterocycles. The van der Waals surface area contributed by atoms with Crippen molar-refractivity contribution in [3.05, 3.63) is 93.0 Å². The van der Waals surface area contributed by atoms with Crippen LogP contribution in [0.1, 0.15) is 15.9 Å². The average molecular weight is 357 g/mol. The van der Waals surface area contributed by atoms with Crippen LogP contribution in [0.5, 0.6) is 0 Å². The highest BCUT2D eigenvalue weighted by Gasteiger charge is 2.12. The third-order valence-electron chi connectivity index (χ3n) is 3.71. The number of nitrogens with one attached hydrogen (secondary N) is 2. The van der Waals surface area contributed by atoms with E-state index in [9.17, 15) is 14.0 Å². The number of hydrogen-bond acceptors (Lipinski definition) is 2. The largest absolute Gasteiger partial charge is 0.348 e. The molecule has 6 heteroatoms. The molecule has 0 atom stereocenters. The van der Waals surface area contributed by atoms with Gasteiger partial charge in [-0.25, -0.2) is 4.39 Å². The van der Waals surface area contributed by atoms with Crippen LogP contribution in [0.25, 0.3) is 11.3 Å². The molecular weight excluding hydrogens is 343 g/mol. The summed E-state index contributed by atoms with van der Waals surface area (Å²) in [7, 11) is 0. The number of carbonyl (C=O) groups excluding carboxylic acids is 1. The van der Waals surface area contributed by atoms with E-state index < -0.39 is 17.3 Å². The van der Waals surface area contributed by atoms with Crippen molar-refractivity contribution in [3.8, 4) is 11.3 Å². The topological polar surface area (TPSA) is 62.0 Å². The normalized spacial score (nSPS) is 10.5. The van der Waals surface area contributed by atoms with Gasteiger partial charge in [0.05, 0.1) is 0 Å². The summed E-state index contributed by atoms with van der Waals surface area (Å²) in [4.78, 5) is 27.0. The van der Waals surface area contributed by atoms with Crippen LogP contribution in [0.15, 0.2) is 65.5 Å². The molecule has 25 heavy (non-hydrogen) atoms. The zero-order valence-corrected chi connectivity index (χ0v) is 13.8. The molecule has 2 aromatic carbocycles. The molecule has 0 aliphatic rings. The number of hydrogen-bond donors (Lipinski definition) is 2. The van der Waals surface area contributed by atoms with Gasteiger partial charge in [-0.15, -0.1) is 0 Å². The molecule has 0 aliphatic heterocycles. The monoisotopic (exact) mass is 356 g/mol. The molecular formula is C19H14ClFN2O2. The van der Waals surface area contributed by atoms with Crippen LogP contribution >= 0.6 is 11.6 Å². The SMILES string of the molecule is O=C(NCc1ccccc1F)c1ccc(-c2ccc(Cl)cc2)[nH]c1=O. The number of rotatable bonds is 4. The van der Waals surface area contributed by atoms with Crippen LogP contribution in [0.2, 0.25) is 5.02 Å². The van der Waals surface area contributed by atoms with Crippen molar-refractivity contribution >= 4 is 17.5 Å². The van der Waals surface area contributed by atoms with Gasteiger partial charge in [0, 0.05) is 22.8 Å². The zero-order chi connectivity index (χ0) is 17.8. The third kappa shape index (κ3) is 3.95. The van der Waals surface area contributed by atoms with Gasteiger partial charge in [-0.05, 0) is 35.9 Å². The summed E-state index contributed by atoms with van der Waals surface area (Å²) in [5.74, 6) is -0.970. The Balaban J connectivity index is 1.76. The van der Waals surface area contributed by atoms with Gasteiger partial charge in [0.15, 0.2) is 0 Å². The molecule has 0 bridgehead atoms. The Kier molecular flexibility index (Phi) is 4.95. The maximum absolute atomic E-state index is 13.6. The summed E-state index contributed by atoms with van der Waals surface area (Å²) in [5.41, 5.74) is 1.16. The minimum atomic E-state index is -0.563. The van der Waals surface area contributed by atoms with Crippen molar-refractivity contribution in [2.75, 3.05) is 0 Å². The van der Waals surface area contributed by atoms with E-state index in [1.54, 1.807) is 48.5 Å². The number of aromatic nitrogens is 1. The van der Waals surface area contributed by atoms with Gasteiger partial charge in [-0.1, -0.05) is 41.9 Å². The fourth-order valence-corrected chi connectivity index (χ4v) is 2.49. The summed E-state index contributed by atoms with van der Waals surface area (Å²) in [6, 6.07) is 16.2. The minimum absolute atomic E-state index is 0.00385. The summed E-state index contributed by atoms with van der Waals surface area (Å²) < 4.78 is 13.6. The molecule has 0 fully saturated rings. The van der Waals surface area contributed by atoms with Crippen molar-refractivity contribution in [1.82, 2.24) is 10.3 Å². The van der Waals surface area contributed by atoms with E-state index in [0.717, 1.165) is 5.56 Å². The highest BCUT2D eigenvalue weighted by Crippen LogP contribution is 2.18. The molecule has 0 spiro atoms. The lowest BCUT2D eigenvalue weighted by Crippen LogP contribution is -2.29. The van der Waals surface area contributed by atoms with E-state index in [2.05, 4.69) is 10.3 Å². The van der Waals surface area contributed by atoms with Gasteiger partial charge in [-0.3, -0.25) is 9.59 Å². The predicted molar refractivity (Wildman–Crippen MR) is 95.1 cm³/mol. The Morgan fingerprint density at radius 3 is 2.44 bits per heavy atom. The van der Waals surface area contributed by atoms with Gasteiger partial charge < -0.3 is 10.3 Å². The van der Waals surface area contributed by atoms with Gasteiger partial charge >= 0.3 is 0 Å². The van der Waals surface area contributed by atoms with Crippen LogP contribution < -0.4 is 10.9 Å². The Labute approximate surface area is 148 Å². The van der Waals surface area contributed by atoms with Crippen LogP contribution in [-0.2, 0) is 6.54 Å². The molecule has 126 valence electrons. The van der Waals surface area contributed by atoms with E-state index in [1.807, 2.05) is 0 Å². The van der Waals surface area contributed by atoms with Crippen molar-refractivity contribution in [2.45, 2.75) is 6.54 Å². The highest BCUT2D eigenvalue weighted by molar-refractivity contribution is 6.30. The average Bonchev–Trinajstić information content (AvgIpc) is 2.61. The van der Waals surface area contributed by atoms with Gasteiger partial charge in [0.1, 0.15) is 11.4 Å². The fourth-order valence-electron chi connectivity index (χ4n) is 2.36. The lowest BCUT2D eigenvalue weighted by atomic mass is 10.1. The highest BCUT2D eigenvalue weighted by atomic mass is 35.5. The van der Waals surface area contributed by atoms with E-state index >= 15 is 0 Å². The quantitative estimate of drug-likeness (QED) is 0.747. The minimum Gasteiger partial charge on any atom is -0.348 e. The van der Waals surface area contributed by atoms with Crippen molar-refractivity contribution in [1.29, 1.82) is 0 Å². The van der Waals surface area contributed by atoms with E-state index in [4.69, 9.17) is 11.6 Å². The van der Waals surface area contributed by atoms with E-state index in [1.165, 1.54) is 12.1 Å². The van der Waals surface area contributed by atoms with E-state index in [0.29, 0.717) is 16.3 Å². The standard InChI is InChI=1S/C19H14ClFN2O2/c20-14-7-5-12(6-8-14)17-10-9-15(19(25)23-17)18(24)22-11-13-3-1-2-4-16(13)21/h1-10H,11H2,(H,22,24)(H,23,25). The maximum atomic E-state index is 13.6. The number of benzene rings is 2. The zero-order valence-electron chi connectivity index (χ0n) is 13.1. The fraction of sp³-hybridized carbons (Fsp3) is 0.0526. The van der Waals surface area contributed by atoms with Crippen LogP contribution in [0.4, 0.5) is 4.39 Å². The second-order valence-electron chi connectivity index (χ2n) is 5.40. The molecule has 0 aliphatic carbocycles. The third-order valence-corrected chi connectivity index (χ3v) is 3.96. The number of aromatic amines is 1. The summed E-state index contributed by atoms with van der Waals surface area (Å²) in [5, 5.41) is 3.14. The number of amides is 1. The van der Waals surface area contributed by atoms with Crippen molar-refractivity contribution in [3.63, 3.8) is 0 Å². The molecule has 0 saturated carbocycles. The second-order valence-corrected chi connectivity index (χ2v) is 5.83. The molecule has 3 rings (SSSR count). The number of carbonyl (C=O) groups is 1. The smallest absolute Gasteiger partial charge is 0.261 e. The van der Waals surface area contributed by atoms with E-state index in [-0.39, 0.29) is 12.1 Å².